The van der Waals surface area contributed by atoms with Crippen LogP contribution in [0.1, 0.15) is 48.8 Å². The van der Waals surface area contributed by atoms with Gasteiger partial charge in [0.25, 0.3) is 0 Å². The Morgan fingerprint density at radius 2 is 1.73 bits per heavy atom. The maximum absolute atomic E-state index is 13.2. The third-order valence-corrected chi connectivity index (χ3v) is 6.67. The lowest BCUT2D eigenvalue weighted by molar-refractivity contribution is -0.130. The van der Waals surface area contributed by atoms with E-state index in [-0.39, 0.29) is 11.8 Å². The fourth-order valence-electron chi connectivity index (χ4n) is 4.92. The molecule has 0 aliphatic carbocycles. The monoisotopic (exact) mass is 438 g/mol. The molecule has 1 amide bonds. The van der Waals surface area contributed by atoms with E-state index in [1.165, 1.54) is 22.0 Å². The zero-order chi connectivity index (χ0) is 22.6. The van der Waals surface area contributed by atoms with E-state index < -0.39 is 0 Å². The fraction of sp³-hybridized carbons (Fsp3) is 0.276. The Balaban J connectivity index is 1.53. The van der Waals surface area contributed by atoms with Crippen LogP contribution in [-0.4, -0.2) is 28.9 Å². The molecule has 1 saturated heterocycles. The molecule has 1 fully saturated rings. The number of fused-ring (bicyclic) bond motifs is 1. The molecule has 4 aromatic rings. The highest BCUT2D eigenvalue weighted by Gasteiger charge is 2.26. The maximum Gasteiger partial charge on any atom is 0.223 e. The number of nitrogens with zero attached hydrogens (tertiary/aromatic N) is 1. The Morgan fingerprint density at radius 1 is 0.970 bits per heavy atom. The van der Waals surface area contributed by atoms with Crippen molar-refractivity contribution in [1.29, 1.82) is 0 Å². The molecule has 3 aromatic carbocycles. The predicted octanol–water partition coefficient (Wildman–Crippen LogP) is 6.67. The van der Waals surface area contributed by atoms with E-state index in [0.717, 1.165) is 49.4 Å². The molecule has 4 heteroatoms. The van der Waals surface area contributed by atoms with Crippen molar-refractivity contribution in [2.45, 2.75) is 38.5 Å². The summed E-state index contributed by atoms with van der Waals surface area (Å²) in [6.45, 7) is 3.92. The van der Waals surface area contributed by atoms with Crippen LogP contribution in [-0.2, 0) is 11.2 Å². The number of carbonyl (C=O) groups is 1. The van der Waals surface area contributed by atoms with Gasteiger partial charge in [-0.05, 0) is 60.2 Å². The van der Waals surface area contributed by atoms with Crippen LogP contribution in [0.4, 0.5) is 0 Å². The Morgan fingerprint density at radius 3 is 2.52 bits per heavy atom. The lowest BCUT2D eigenvalue weighted by atomic mass is 9.87. The van der Waals surface area contributed by atoms with Crippen LogP contribution in [0.15, 0.2) is 79.0 Å². The first kappa shape index (κ1) is 21.3. The second-order valence-corrected chi connectivity index (χ2v) is 8.77. The number of aryl methyl sites for hydroxylation is 1. The molecule has 33 heavy (non-hydrogen) atoms. The number of nitrogens with one attached hydrogen (secondary N) is 1. The van der Waals surface area contributed by atoms with Crippen molar-refractivity contribution in [2.75, 3.05) is 13.1 Å². The number of carbonyl (C=O) groups excluding carboxylic acids is 1. The molecule has 2 heterocycles. The maximum atomic E-state index is 13.2. The van der Waals surface area contributed by atoms with Gasteiger partial charge in [-0.3, -0.25) is 4.79 Å². The van der Waals surface area contributed by atoms with Crippen molar-refractivity contribution in [1.82, 2.24) is 9.88 Å². The average Bonchev–Trinajstić information content (AvgIpc) is 3.54. The van der Waals surface area contributed by atoms with E-state index in [1.54, 1.807) is 0 Å². The number of amides is 1. The van der Waals surface area contributed by atoms with Gasteiger partial charge in [-0.1, -0.05) is 55.5 Å². The molecule has 168 valence electrons. The van der Waals surface area contributed by atoms with Crippen LogP contribution in [0.2, 0.25) is 0 Å². The number of H-pyrrole nitrogens is 1. The summed E-state index contributed by atoms with van der Waals surface area (Å²) in [5.74, 6) is 1.77. The van der Waals surface area contributed by atoms with E-state index in [1.807, 2.05) is 47.4 Å². The number of para-hydroxylation sites is 2. The molecule has 0 bridgehead atoms. The van der Waals surface area contributed by atoms with Crippen LogP contribution in [0.3, 0.4) is 0 Å². The van der Waals surface area contributed by atoms with Crippen molar-refractivity contribution in [3.8, 4) is 11.5 Å². The van der Waals surface area contributed by atoms with Gasteiger partial charge in [0.1, 0.15) is 11.5 Å². The molecule has 0 unspecified atom stereocenters. The van der Waals surface area contributed by atoms with Crippen LogP contribution >= 0.6 is 0 Å². The predicted molar refractivity (Wildman–Crippen MR) is 133 cm³/mol. The van der Waals surface area contributed by atoms with Crippen molar-refractivity contribution in [2.24, 2.45) is 0 Å². The zero-order valence-electron chi connectivity index (χ0n) is 19.1. The van der Waals surface area contributed by atoms with Gasteiger partial charge in [0, 0.05) is 42.5 Å². The van der Waals surface area contributed by atoms with Gasteiger partial charge < -0.3 is 14.6 Å². The van der Waals surface area contributed by atoms with Gasteiger partial charge >= 0.3 is 0 Å². The highest BCUT2D eigenvalue weighted by Crippen LogP contribution is 2.37. The zero-order valence-corrected chi connectivity index (χ0v) is 19.1. The van der Waals surface area contributed by atoms with Crippen LogP contribution in [0.5, 0.6) is 11.5 Å². The Bertz CT molecular complexity index is 1240. The van der Waals surface area contributed by atoms with Gasteiger partial charge in [0.15, 0.2) is 0 Å². The molecule has 1 N–H and O–H groups in total. The molecule has 0 radical (unpaired) electrons. The SMILES string of the molecule is CCc1cccc2c([C@H](CC(=O)N3CCCC3)c3cccc(Oc4ccccc4)c3)c[nH]c12. The first-order valence-electron chi connectivity index (χ1n) is 11.9. The number of aromatic amines is 1. The number of rotatable bonds is 7. The minimum atomic E-state index is -0.0433. The molecule has 1 aromatic heterocycles. The lowest BCUT2D eigenvalue weighted by Crippen LogP contribution is -2.29. The lowest BCUT2D eigenvalue weighted by Gasteiger charge is -2.22. The molecule has 5 rings (SSSR count). The molecular weight excluding hydrogens is 408 g/mol. The number of hydrogen-bond acceptors (Lipinski definition) is 2. The van der Waals surface area contributed by atoms with E-state index in [4.69, 9.17) is 4.74 Å². The number of hydrogen-bond donors (Lipinski definition) is 1. The molecule has 1 aliphatic heterocycles. The van der Waals surface area contributed by atoms with Gasteiger partial charge in [0.05, 0.1) is 0 Å². The van der Waals surface area contributed by atoms with Crippen molar-refractivity contribution in [3.63, 3.8) is 0 Å². The number of ether oxygens (including phenoxy) is 1. The summed E-state index contributed by atoms with van der Waals surface area (Å²) in [7, 11) is 0. The smallest absolute Gasteiger partial charge is 0.223 e. The van der Waals surface area contributed by atoms with Gasteiger partial charge in [-0.25, -0.2) is 0 Å². The Kier molecular flexibility index (Phi) is 6.16. The van der Waals surface area contributed by atoms with Crippen molar-refractivity contribution in [3.05, 3.63) is 95.7 Å². The minimum absolute atomic E-state index is 0.0433. The fourth-order valence-corrected chi connectivity index (χ4v) is 4.92. The second-order valence-electron chi connectivity index (χ2n) is 8.77. The molecule has 4 nitrogen and oxygen atoms in total. The average molecular weight is 439 g/mol. The number of benzene rings is 3. The first-order chi connectivity index (χ1) is 16.2. The van der Waals surface area contributed by atoms with E-state index >= 15 is 0 Å². The van der Waals surface area contributed by atoms with Gasteiger partial charge in [0.2, 0.25) is 5.91 Å². The van der Waals surface area contributed by atoms with Crippen LogP contribution in [0, 0.1) is 0 Å². The van der Waals surface area contributed by atoms with E-state index in [0.29, 0.717) is 6.42 Å². The summed E-state index contributed by atoms with van der Waals surface area (Å²) in [5, 5.41) is 1.20. The molecule has 0 saturated carbocycles. The third kappa shape index (κ3) is 4.51. The summed E-state index contributed by atoms with van der Waals surface area (Å²) < 4.78 is 6.11. The normalized spacial score (nSPS) is 14.5. The quantitative estimate of drug-likeness (QED) is 0.350. The van der Waals surface area contributed by atoms with E-state index in [9.17, 15) is 4.79 Å². The van der Waals surface area contributed by atoms with Gasteiger partial charge in [-0.15, -0.1) is 0 Å². The third-order valence-electron chi connectivity index (χ3n) is 6.67. The highest BCUT2D eigenvalue weighted by atomic mass is 16.5. The summed E-state index contributed by atoms with van der Waals surface area (Å²) >= 11 is 0. The summed E-state index contributed by atoms with van der Waals surface area (Å²) in [5.41, 5.74) is 4.73. The highest BCUT2D eigenvalue weighted by molar-refractivity contribution is 5.88. The number of aromatic nitrogens is 1. The van der Waals surface area contributed by atoms with Crippen molar-refractivity contribution >= 4 is 16.8 Å². The van der Waals surface area contributed by atoms with E-state index in [2.05, 4.69) is 48.4 Å². The largest absolute Gasteiger partial charge is 0.457 e. The molecule has 1 atom stereocenters. The standard InChI is InChI=1S/C29H30N2O2/c1-2-21-10-9-15-25-27(20-30-29(21)25)26(19-28(32)31-16-6-7-17-31)22-11-8-14-24(18-22)33-23-12-4-3-5-13-23/h3-5,8-15,18,20,26,30H,2,6-7,16-17,19H2,1H3/t26-/m1/s1. The second kappa shape index (κ2) is 9.53. The first-order valence-corrected chi connectivity index (χ1v) is 11.9. The molecule has 0 spiro atoms. The summed E-state index contributed by atoms with van der Waals surface area (Å²) in [6, 6.07) is 24.5. The topological polar surface area (TPSA) is 45.3 Å². The summed E-state index contributed by atoms with van der Waals surface area (Å²) in [4.78, 5) is 18.8. The van der Waals surface area contributed by atoms with Crippen LogP contribution < -0.4 is 4.74 Å². The summed E-state index contributed by atoms with van der Waals surface area (Å²) in [6.07, 6.45) is 5.72. The molecule has 1 aliphatic rings. The Hall–Kier alpha value is -3.53. The Labute approximate surface area is 195 Å². The molecular formula is C29H30N2O2. The van der Waals surface area contributed by atoms with Crippen molar-refractivity contribution < 1.29 is 9.53 Å². The minimum Gasteiger partial charge on any atom is -0.457 e. The van der Waals surface area contributed by atoms with Gasteiger partial charge in [-0.2, -0.15) is 0 Å². The van der Waals surface area contributed by atoms with Crippen LogP contribution in [0.25, 0.3) is 10.9 Å². The number of likely N-dealkylation sites (tertiary alicyclic amines) is 1.